The molecule has 0 aliphatic carbocycles. The number of rotatable bonds is 2. The molecule has 0 amide bonds. The maximum atomic E-state index is 3.81. The second-order valence-corrected chi connectivity index (χ2v) is 2.62. The van der Waals surface area contributed by atoms with Crippen LogP contribution in [0, 0.1) is 0 Å². The fourth-order valence-electron chi connectivity index (χ4n) is 0.977. The Morgan fingerprint density at radius 2 is 1.69 bits per heavy atom. The molecule has 78 valence electrons. The van der Waals surface area contributed by atoms with Gasteiger partial charge in [0.25, 0.3) is 0 Å². The molecule has 0 saturated carbocycles. The zero-order valence-corrected chi connectivity index (χ0v) is 7.58. The van der Waals surface area contributed by atoms with Crippen molar-refractivity contribution in [1.82, 2.24) is 51.4 Å². The van der Waals surface area contributed by atoms with Crippen LogP contribution in [0.1, 0.15) is 0 Å². The lowest BCUT2D eigenvalue weighted by Crippen LogP contribution is -2.16. The summed E-state index contributed by atoms with van der Waals surface area (Å²) < 4.78 is 0. The van der Waals surface area contributed by atoms with E-state index in [1.165, 1.54) is 0 Å². The van der Waals surface area contributed by atoms with Crippen LogP contribution >= 0.6 is 0 Å². The SMILES string of the molecule is n1nc(-c2nnc(-c3[nH+]n[nH][nH+]3)nn2)n[nH]1. The van der Waals surface area contributed by atoms with Gasteiger partial charge in [0.2, 0.25) is 11.6 Å². The van der Waals surface area contributed by atoms with Crippen LogP contribution in [0.25, 0.3) is 23.3 Å². The van der Waals surface area contributed by atoms with Gasteiger partial charge in [0.1, 0.15) is 0 Å². The van der Waals surface area contributed by atoms with E-state index in [9.17, 15) is 0 Å². The molecule has 0 atom stereocenters. The van der Waals surface area contributed by atoms with Crippen LogP contribution in [-0.4, -0.2) is 51.4 Å². The van der Waals surface area contributed by atoms with E-state index < -0.39 is 0 Å². The molecule has 0 saturated heterocycles. The summed E-state index contributed by atoms with van der Waals surface area (Å²) in [4.78, 5) is 0. The predicted molar refractivity (Wildman–Crippen MR) is 41.5 cm³/mol. The molecule has 0 spiro atoms. The van der Waals surface area contributed by atoms with E-state index in [-0.39, 0.29) is 17.5 Å². The first-order valence-electron chi connectivity index (χ1n) is 4.09. The van der Waals surface area contributed by atoms with Crippen LogP contribution in [0.5, 0.6) is 0 Å². The van der Waals surface area contributed by atoms with Crippen molar-refractivity contribution in [2.45, 2.75) is 0 Å². The minimum absolute atomic E-state index is 0.181. The van der Waals surface area contributed by atoms with Crippen molar-refractivity contribution in [1.29, 1.82) is 0 Å². The largest absolute Gasteiger partial charge is 0.451 e. The fourth-order valence-corrected chi connectivity index (χ4v) is 0.977. The molecule has 4 N–H and O–H groups in total. The summed E-state index contributed by atoms with van der Waals surface area (Å²) in [6.45, 7) is 0. The summed E-state index contributed by atoms with van der Waals surface area (Å²) in [6, 6.07) is 0. The van der Waals surface area contributed by atoms with Gasteiger partial charge in [-0.2, -0.15) is 5.21 Å². The Kier molecular flexibility index (Phi) is 1.75. The lowest BCUT2D eigenvalue weighted by Gasteiger charge is -1.88. The van der Waals surface area contributed by atoms with E-state index in [1.54, 1.807) is 0 Å². The van der Waals surface area contributed by atoms with Crippen LogP contribution in [-0.2, 0) is 0 Å². The Bertz CT molecular complexity index is 496. The van der Waals surface area contributed by atoms with Crippen molar-refractivity contribution in [2.75, 3.05) is 0 Å². The lowest BCUT2D eigenvalue weighted by atomic mass is 10.6. The first-order valence-corrected chi connectivity index (χ1v) is 4.09. The zero-order chi connectivity index (χ0) is 10.8. The summed E-state index contributed by atoms with van der Waals surface area (Å²) in [5.74, 6) is 1.13. The molecule has 0 aliphatic heterocycles. The van der Waals surface area contributed by atoms with Crippen molar-refractivity contribution in [2.24, 2.45) is 0 Å². The third kappa shape index (κ3) is 1.33. The first-order chi connectivity index (χ1) is 7.93. The number of hydrogen-bond donors (Lipinski definition) is 2. The highest BCUT2D eigenvalue weighted by molar-refractivity contribution is 5.39. The van der Waals surface area contributed by atoms with Crippen LogP contribution in [0.4, 0.5) is 0 Å². The molecular formula is C4H4N12+2. The van der Waals surface area contributed by atoms with Gasteiger partial charge in [-0.1, -0.05) is 5.10 Å². The van der Waals surface area contributed by atoms with E-state index in [2.05, 4.69) is 61.6 Å². The van der Waals surface area contributed by atoms with Gasteiger partial charge in [0.05, 0.1) is 5.21 Å². The quantitative estimate of drug-likeness (QED) is 0.448. The second-order valence-electron chi connectivity index (χ2n) is 2.62. The number of tetrazole rings is 2. The van der Waals surface area contributed by atoms with Crippen LogP contribution in [0.2, 0.25) is 0 Å². The zero-order valence-electron chi connectivity index (χ0n) is 7.58. The average molecular weight is 220 g/mol. The smallest absolute Gasteiger partial charge is 0.177 e. The standard InChI is InChI=1S/C4H2N12/c5-1(3-9-13-14-10-3)6-8-2(7-5)4-11-15-16-12-4/h(H,9,10,13,14)(H,11,12,15,16)/p+2. The average Bonchev–Trinajstić information content (AvgIpc) is 3.03. The molecule has 0 radical (unpaired) electrons. The van der Waals surface area contributed by atoms with Crippen LogP contribution in [0.3, 0.4) is 0 Å². The molecule has 0 unspecified atom stereocenters. The third-order valence-electron chi connectivity index (χ3n) is 1.65. The Morgan fingerprint density at radius 1 is 0.875 bits per heavy atom. The fraction of sp³-hybridized carbons (Fsp3) is 0. The number of aromatic amines is 4. The van der Waals surface area contributed by atoms with Crippen molar-refractivity contribution in [3.8, 4) is 23.3 Å². The number of nitrogens with zero attached hydrogens (tertiary/aromatic N) is 8. The van der Waals surface area contributed by atoms with Crippen LogP contribution < -0.4 is 10.2 Å². The Hall–Kier alpha value is -2.92. The monoisotopic (exact) mass is 220 g/mol. The molecule has 3 rings (SSSR count). The minimum Gasteiger partial charge on any atom is -0.177 e. The minimum atomic E-state index is 0.181. The molecular weight excluding hydrogens is 216 g/mol. The molecule has 3 aromatic rings. The number of hydrogen-bond acceptors (Lipinski definition) is 8. The van der Waals surface area contributed by atoms with Crippen molar-refractivity contribution in [3.63, 3.8) is 0 Å². The first kappa shape index (κ1) is 8.39. The third-order valence-corrected chi connectivity index (χ3v) is 1.65. The maximum absolute atomic E-state index is 3.81. The van der Waals surface area contributed by atoms with Gasteiger partial charge in [-0.3, -0.25) is 0 Å². The molecule has 3 aromatic heterocycles. The van der Waals surface area contributed by atoms with Crippen molar-refractivity contribution >= 4 is 0 Å². The molecule has 0 bridgehead atoms. The van der Waals surface area contributed by atoms with E-state index in [4.69, 9.17) is 0 Å². The highest BCUT2D eigenvalue weighted by atomic mass is 15.5. The topological polar surface area (TPSA) is 163 Å². The Balaban J connectivity index is 1.97. The van der Waals surface area contributed by atoms with E-state index in [0.29, 0.717) is 5.82 Å². The Labute approximate surface area is 85.9 Å². The van der Waals surface area contributed by atoms with Gasteiger partial charge in [0.15, 0.2) is 5.21 Å². The van der Waals surface area contributed by atoms with Gasteiger partial charge in [-0.15, -0.1) is 30.6 Å². The number of H-pyrrole nitrogens is 4. The summed E-state index contributed by atoms with van der Waals surface area (Å²) in [6.07, 6.45) is 0. The Morgan fingerprint density at radius 3 is 2.31 bits per heavy atom. The highest BCUT2D eigenvalue weighted by Crippen LogP contribution is 2.03. The summed E-state index contributed by atoms with van der Waals surface area (Å²) in [5.41, 5.74) is 0. The second kappa shape index (κ2) is 3.34. The molecule has 12 nitrogen and oxygen atoms in total. The lowest BCUT2D eigenvalue weighted by molar-refractivity contribution is -0.509. The van der Waals surface area contributed by atoms with E-state index in [1.807, 2.05) is 0 Å². The summed E-state index contributed by atoms with van der Waals surface area (Å²) in [5, 5.41) is 39.5. The van der Waals surface area contributed by atoms with E-state index in [0.717, 1.165) is 0 Å². The molecule has 12 heteroatoms. The summed E-state index contributed by atoms with van der Waals surface area (Å²) >= 11 is 0. The molecule has 0 fully saturated rings. The van der Waals surface area contributed by atoms with Gasteiger partial charge in [-0.25, -0.2) is 0 Å². The predicted octanol–water partition coefficient (Wildman–Crippen LogP) is -3.54. The molecule has 16 heavy (non-hydrogen) atoms. The van der Waals surface area contributed by atoms with Crippen LogP contribution in [0.15, 0.2) is 0 Å². The molecule has 0 aliphatic rings. The normalized spacial score (nSPS) is 10.5. The summed E-state index contributed by atoms with van der Waals surface area (Å²) in [7, 11) is 0. The molecule has 0 aromatic carbocycles. The van der Waals surface area contributed by atoms with Gasteiger partial charge < -0.3 is 0 Å². The van der Waals surface area contributed by atoms with Gasteiger partial charge in [-0.05, 0) is 10.3 Å². The maximum Gasteiger partial charge on any atom is 0.451 e. The highest BCUT2D eigenvalue weighted by Gasteiger charge is 2.19. The van der Waals surface area contributed by atoms with Gasteiger partial charge in [0, 0.05) is 0 Å². The number of aromatic nitrogens is 12. The van der Waals surface area contributed by atoms with Gasteiger partial charge >= 0.3 is 11.6 Å². The van der Waals surface area contributed by atoms with E-state index >= 15 is 0 Å². The molecule has 3 heterocycles. The van der Waals surface area contributed by atoms with Crippen molar-refractivity contribution < 1.29 is 10.2 Å². The van der Waals surface area contributed by atoms with Crippen molar-refractivity contribution in [3.05, 3.63) is 0 Å². The number of nitrogens with one attached hydrogen (secondary N) is 4.